The fourth-order valence-corrected chi connectivity index (χ4v) is 8.33. The third kappa shape index (κ3) is 4.58. The topological polar surface area (TPSA) is 180 Å². The molecule has 18 heteroatoms. The first kappa shape index (κ1) is 28.7. The second-order valence-corrected chi connectivity index (χ2v) is 14.5. The standard InChI is InChI=1S/C24H14N6O6S6/c31-40(32)22-21(39)27-15-16(28-22)13-14(26-20(38)19(37)25-13)17-18(15)30-24(42(35,36)12-9-5-2-6-10-12)23(29-17)41(33,34)11-7-3-1-4-8-11/h1-10,40H,(H,25,37)(H,26,38)(H,27,39). The van der Waals surface area contributed by atoms with Crippen LogP contribution in [0.4, 0.5) is 0 Å². The van der Waals surface area contributed by atoms with Crippen molar-refractivity contribution in [2.75, 3.05) is 0 Å². The van der Waals surface area contributed by atoms with Gasteiger partial charge in [0.05, 0.1) is 9.79 Å². The van der Waals surface area contributed by atoms with Gasteiger partial charge in [-0.3, -0.25) is 0 Å². The van der Waals surface area contributed by atoms with Crippen LogP contribution in [0.2, 0.25) is 0 Å². The highest BCUT2D eigenvalue weighted by atomic mass is 32.2. The number of hydrogen-bond donors (Lipinski definition) is 4. The van der Waals surface area contributed by atoms with Crippen molar-refractivity contribution in [1.82, 2.24) is 29.9 Å². The van der Waals surface area contributed by atoms with E-state index in [-0.39, 0.29) is 58.0 Å². The summed E-state index contributed by atoms with van der Waals surface area (Å²) >= 11 is 12.6. The summed E-state index contributed by atoms with van der Waals surface area (Å²) in [7, 11) is -12.4. The fourth-order valence-electron chi connectivity index (χ4n) is 4.13. The summed E-state index contributed by atoms with van der Waals surface area (Å²) in [6, 6.07) is 14.2. The molecule has 3 heterocycles. The van der Waals surface area contributed by atoms with E-state index in [1.165, 1.54) is 48.5 Å². The first-order valence-electron chi connectivity index (χ1n) is 11.5. The quantitative estimate of drug-likeness (QED) is 0.155. The van der Waals surface area contributed by atoms with Crippen LogP contribution in [0.25, 0.3) is 33.1 Å². The number of nitrogens with zero attached hydrogens (tertiary/aromatic N) is 6. The Bertz CT molecular complexity index is 2400. The Labute approximate surface area is 255 Å². The minimum Gasteiger partial charge on any atom is -0.235 e. The second kappa shape index (κ2) is 10.4. The predicted molar refractivity (Wildman–Crippen MR) is 160 cm³/mol. The molecule has 0 bridgehead atoms. The van der Waals surface area contributed by atoms with Crippen LogP contribution in [0.3, 0.4) is 0 Å². The van der Waals surface area contributed by atoms with Gasteiger partial charge in [0, 0.05) is 0 Å². The highest BCUT2D eigenvalue weighted by Crippen LogP contribution is 2.36. The summed E-state index contributed by atoms with van der Waals surface area (Å²) in [6.07, 6.45) is 0. The molecule has 6 aromatic rings. The lowest BCUT2D eigenvalue weighted by atomic mass is 10.2. The van der Waals surface area contributed by atoms with Gasteiger partial charge in [-0.2, -0.15) is 0 Å². The van der Waals surface area contributed by atoms with Crippen LogP contribution in [0, 0.1) is 0 Å². The summed E-state index contributed by atoms with van der Waals surface area (Å²) in [5.74, 6) is 0. The molecule has 0 aliphatic heterocycles. The normalized spacial score (nSPS) is 12.5. The molecule has 0 amide bonds. The van der Waals surface area contributed by atoms with Gasteiger partial charge in [-0.25, -0.2) is 55.2 Å². The number of fused-ring (bicyclic) bond motifs is 6. The monoisotopic (exact) mass is 674 g/mol. The number of rotatable bonds is 5. The molecule has 0 saturated heterocycles. The Morgan fingerprint density at radius 3 is 1.19 bits per heavy atom. The molecule has 0 radical (unpaired) electrons. The smallest absolute Gasteiger partial charge is 0.226 e. The van der Waals surface area contributed by atoms with Crippen LogP contribution < -0.4 is 0 Å². The van der Waals surface area contributed by atoms with Crippen molar-refractivity contribution in [2.45, 2.75) is 39.9 Å². The molecule has 0 atom stereocenters. The van der Waals surface area contributed by atoms with E-state index in [4.69, 9.17) is 0 Å². The van der Waals surface area contributed by atoms with E-state index in [0.29, 0.717) is 0 Å². The molecule has 6 rings (SSSR count). The van der Waals surface area contributed by atoms with Gasteiger partial charge >= 0.3 is 0 Å². The van der Waals surface area contributed by atoms with E-state index in [0.717, 1.165) is 0 Å². The number of aromatic nitrogens is 6. The van der Waals surface area contributed by atoms with E-state index in [9.17, 15) is 25.3 Å². The zero-order chi connectivity index (χ0) is 30.0. The van der Waals surface area contributed by atoms with E-state index < -0.39 is 45.5 Å². The Morgan fingerprint density at radius 2 is 0.810 bits per heavy atom. The van der Waals surface area contributed by atoms with Crippen molar-refractivity contribution in [1.29, 1.82) is 0 Å². The summed E-state index contributed by atoms with van der Waals surface area (Å²) in [5, 5.41) is -2.45. The maximum absolute atomic E-state index is 13.9. The van der Waals surface area contributed by atoms with Crippen LogP contribution in [0.1, 0.15) is 0 Å². The average Bonchev–Trinajstić information content (AvgIpc) is 2.98. The Morgan fingerprint density at radius 1 is 0.476 bits per heavy atom. The van der Waals surface area contributed by atoms with Crippen LogP contribution in [-0.2, 0) is 30.4 Å². The van der Waals surface area contributed by atoms with Crippen LogP contribution in [0.15, 0.2) is 101 Å². The molecule has 12 nitrogen and oxygen atoms in total. The maximum atomic E-state index is 13.9. The third-order valence-corrected chi connectivity index (χ3v) is 11.5. The third-order valence-electron chi connectivity index (χ3n) is 6.02. The lowest BCUT2D eigenvalue weighted by Gasteiger charge is -2.14. The van der Waals surface area contributed by atoms with Gasteiger partial charge in [-0.15, -0.1) is 37.9 Å². The van der Waals surface area contributed by atoms with Crippen LogP contribution >= 0.6 is 37.9 Å². The maximum Gasteiger partial charge on any atom is 0.226 e. The molecular weight excluding hydrogens is 661 g/mol. The molecule has 0 spiro atoms. The average molecular weight is 675 g/mol. The van der Waals surface area contributed by atoms with Gasteiger partial charge in [0.1, 0.15) is 48.2 Å². The fraction of sp³-hybridized carbons (Fsp3) is 0. The summed E-state index contributed by atoms with van der Waals surface area (Å²) in [5.41, 5.74) is -0.834. The van der Waals surface area contributed by atoms with E-state index >= 15 is 0 Å². The largest absolute Gasteiger partial charge is 0.235 e. The van der Waals surface area contributed by atoms with Crippen LogP contribution in [0.5, 0.6) is 0 Å². The first-order chi connectivity index (χ1) is 19.9. The molecule has 0 fully saturated rings. The lowest BCUT2D eigenvalue weighted by Crippen LogP contribution is -2.16. The lowest BCUT2D eigenvalue weighted by molar-refractivity contribution is 0.573. The molecule has 0 aliphatic carbocycles. The number of benzene rings is 3. The van der Waals surface area contributed by atoms with Gasteiger partial charge in [0.15, 0.2) is 25.8 Å². The van der Waals surface area contributed by atoms with Crippen molar-refractivity contribution in [3.8, 4) is 0 Å². The molecular formula is C24H14N6O6S6. The summed E-state index contributed by atoms with van der Waals surface area (Å²) in [6.45, 7) is 0. The SMILES string of the molecule is O=[SH](=O)c1nc2c3nc(S)c(S)nc3c3nc(S(=O)(=O)c4ccccc4)c(S(=O)(=O)c4ccccc4)nc3c2nc1S. The number of hydrogen-bond acceptors (Lipinski definition) is 15. The molecule has 0 unspecified atom stereocenters. The zero-order valence-corrected chi connectivity index (χ0v) is 25.7. The Kier molecular flexibility index (Phi) is 7.09. The molecule has 0 N–H and O–H groups in total. The number of thiol groups is 4. The number of sulfone groups is 2. The van der Waals surface area contributed by atoms with Crippen molar-refractivity contribution < 1.29 is 25.3 Å². The minimum atomic E-state index is -4.60. The van der Waals surface area contributed by atoms with Crippen molar-refractivity contribution in [2.24, 2.45) is 0 Å². The zero-order valence-electron chi connectivity index (χ0n) is 20.5. The van der Waals surface area contributed by atoms with Gasteiger partial charge in [0.25, 0.3) is 0 Å². The molecule has 212 valence electrons. The van der Waals surface area contributed by atoms with Crippen LogP contribution in [-0.4, -0.2) is 55.2 Å². The highest BCUT2D eigenvalue weighted by molar-refractivity contribution is 7.94. The summed E-state index contributed by atoms with van der Waals surface area (Å²) < 4.78 is 79.5. The molecule has 42 heavy (non-hydrogen) atoms. The highest BCUT2D eigenvalue weighted by Gasteiger charge is 2.35. The van der Waals surface area contributed by atoms with Crippen molar-refractivity contribution in [3.63, 3.8) is 0 Å². The molecule has 0 aliphatic rings. The Balaban J connectivity index is 1.88. The Hall–Kier alpha value is -3.42. The first-order valence-corrected chi connectivity index (χ1v) is 17.0. The van der Waals surface area contributed by atoms with Gasteiger partial charge in [-0.05, 0) is 24.3 Å². The molecule has 0 saturated carbocycles. The summed E-state index contributed by atoms with van der Waals surface area (Å²) in [4.78, 5) is 25.3. The molecule has 3 aromatic carbocycles. The second-order valence-electron chi connectivity index (χ2n) is 8.56. The van der Waals surface area contributed by atoms with Gasteiger partial charge < -0.3 is 0 Å². The predicted octanol–water partition coefficient (Wildman–Crippen LogP) is 3.02. The molecule has 3 aromatic heterocycles. The van der Waals surface area contributed by atoms with Crippen molar-refractivity contribution in [3.05, 3.63) is 60.7 Å². The van der Waals surface area contributed by atoms with Gasteiger partial charge in [-0.1, -0.05) is 36.4 Å². The van der Waals surface area contributed by atoms with Crippen molar-refractivity contribution >= 4 is 101 Å². The van der Waals surface area contributed by atoms with E-state index in [2.05, 4.69) is 67.8 Å². The van der Waals surface area contributed by atoms with Gasteiger partial charge in [0.2, 0.25) is 19.7 Å². The van der Waals surface area contributed by atoms with E-state index in [1.54, 1.807) is 12.1 Å². The minimum absolute atomic E-state index is 0.0237. The van der Waals surface area contributed by atoms with E-state index in [1.807, 2.05) is 0 Å².